The van der Waals surface area contributed by atoms with Crippen LogP contribution < -0.4 is 4.72 Å². The van der Waals surface area contributed by atoms with Gasteiger partial charge < -0.3 is 5.11 Å². The number of nitrogens with one attached hydrogen (secondary N) is 1. The van der Waals surface area contributed by atoms with Crippen LogP contribution in [0.5, 0.6) is 0 Å². The van der Waals surface area contributed by atoms with E-state index in [1.165, 1.54) is 12.8 Å². The maximum Gasteiger partial charge on any atom is 0.250 e. The molecule has 0 saturated carbocycles. The molecule has 6 heteroatoms. The molecule has 0 amide bonds. The Morgan fingerprint density at radius 1 is 1.35 bits per heavy atom. The Morgan fingerprint density at radius 2 is 2.05 bits per heavy atom. The molecule has 1 heterocycles. The highest BCUT2D eigenvalue weighted by Crippen LogP contribution is 2.26. The van der Waals surface area contributed by atoms with Crippen LogP contribution in [-0.4, -0.2) is 19.6 Å². The van der Waals surface area contributed by atoms with Crippen LogP contribution >= 0.6 is 11.3 Å². The van der Waals surface area contributed by atoms with Crippen molar-refractivity contribution in [1.29, 1.82) is 0 Å². The normalized spacial score (nSPS) is 13.6. The van der Waals surface area contributed by atoms with Gasteiger partial charge in [0.2, 0.25) is 10.0 Å². The zero-order valence-corrected chi connectivity index (χ0v) is 14.1. The van der Waals surface area contributed by atoms with Crippen molar-refractivity contribution < 1.29 is 13.5 Å². The summed E-state index contributed by atoms with van der Waals surface area (Å²) in [6.07, 6.45) is 5.43. The molecule has 0 aromatic carbocycles. The molecule has 1 aromatic heterocycles. The van der Waals surface area contributed by atoms with Gasteiger partial charge in [0.15, 0.2) is 0 Å². The Labute approximate surface area is 126 Å². The smallest absolute Gasteiger partial charge is 0.250 e. The molecule has 0 radical (unpaired) electrons. The third-order valence-corrected chi connectivity index (χ3v) is 6.54. The summed E-state index contributed by atoms with van der Waals surface area (Å²) in [6.45, 7) is 5.76. The minimum Gasteiger partial charge on any atom is -0.391 e. The van der Waals surface area contributed by atoms with Gasteiger partial charge in [0.1, 0.15) is 4.21 Å². The minimum atomic E-state index is -3.46. The van der Waals surface area contributed by atoms with E-state index in [1.807, 2.05) is 13.8 Å². The number of unbranched alkanes of at least 4 members (excludes halogenated alkanes) is 3. The molecule has 1 aromatic rings. The largest absolute Gasteiger partial charge is 0.391 e. The van der Waals surface area contributed by atoms with Crippen LogP contribution in [0.25, 0.3) is 0 Å². The number of aliphatic hydroxyl groups excluding tert-OH is 1. The lowest BCUT2D eigenvalue weighted by molar-refractivity contribution is 0.285. The minimum absolute atomic E-state index is 0.0585. The van der Waals surface area contributed by atoms with Crippen molar-refractivity contribution in [1.82, 2.24) is 4.72 Å². The zero-order chi connectivity index (χ0) is 15.2. The van der Waals surface area contributed by atoms with E-state index < -0.39 is 10.0 Å². The monoisotopic (exact) mass is 319 g/mol. The van der Waals surface area contributed by atoms with Crippen LogP contribution in [0.3, 0.4) is 0 Å². The predicted molar refractivity (Wildman–Crippen MR) is 83.5 cm³/mol. The lowest BCUT2D eigenvalue weighted by Gasteiger charge is -2.13. The topological polar surface area (TPSA) is 66.4 Å². The zero-order valence-electron chi connectivity index (χ0n) is 12.5. The molecule has 0 bridgehead atoms. The van der Waals surface area contributed by atoms with E-state index in [4.69, 9.17) is 5.11 Å². The van der Waals surface area contributed by atoms with Crippen molar-refractivity contribution in [2.24, 2.45) is 0 Å². The molecule has 0 aliphatic rings. The first-order chi connectivity index (χ1) is 9.40. The first kappa shape index (κ1) is 17.6. The molecule has 1 unspecified atom stereocenters. The third kappa shape index (κ3) is 5.16. The van der Waals surface area contributed by atoms with Gasteiger partial charge in [-0.25, -0.2) is 13.1 Å². The van der Waals surface area contributed by atoms with Gasteiger partial charge in [0.05, 0.1) is 6.61 Å². The SMILES string of the molecule is CCCCCCC(C)NS(=O)(=O)c1cc(C)c(CO)s1. The fourth-order valence-corrected chi connectivity index (χ4v) is 4.78. The van der Waals surface area contributed by atoms with Crippen LogP contribution in [0.4, 0.5) is 0 Å². The van der Waals surface area contributed by atoms with Crippen molar-refractivity contribution in [3.8, 4) is 0 Å². The second-order valence-electron chi connectivity index (χ2n) is 5.20. The maximum absolute atomic E-state index is 12.2. The third-order valence-electron chi connectivity index (χ3n) is 3.25. The summed E-state index contributed by atoms with van der Waals surface area (Å²) in [5.41, 5.74) is 0.827. The quantitative estimate of drug-likeness (QED) is 0.687. The maximum atomic E-state index is 12.2. The van der Waals surface area contributed by atoms with E-state index in [2.05, 4.69) is 11.6 Å². The van der Waals surface area contributed by atoms with E-state index in [1.54, 1.807) is 6.07 Å². The van der Waals surface area contributed by atoms with E-state index in [-0.39, 0.29) is 12.6 Å². The Kier molecular flexibility index (Phi) is 7.15. The number of hydrogen-bond acceptors (Lipinski definition) is 4. The Bertz CT molecular complexity index is 508. The summed E-state index contributed by atoms with van der Waals surface area (Å²) in [5.74, 6) is 0. The second kappa shape index (κ2) is 8.12. The Balaban J connectivity index is 2.60. The standard InChI is InChI=1S/C14H25NO3S2/c1-4-5-6-7-8-12(3)15-20(17,18)14-9-11(2)13(10-16)19-14/h9,12,15-16H,4-8,10H2,1-3H3. The molecule has 1 atom stereocenters. The number of aryl methyl sites for hydroxylation is 1. The molecule has 20 heavy (non-hydrogen) atoms. The van der Waals surface area contributed by atoms with Crippen LogP contribution in [-0.2, 0) is 16.6 Å². The van der Waals surface area contributed by atoms with Crippen LogP contribution in [0.15, 0.2) is 10.3 Å². The summed E-state index contributed by atoms with van der Waals surface area (Å²) in [5, 5.41) is 9.14. The van der Waals surface area contributed by atoms with Gasteiger partial charge >= 0.3 is 0 Å². The van der Waals surface area contributed by atoms with E-state index >= 15 is 0 Å². The van der Waals surface area contributed by atoms with Crippen LogP contribution in [0, 0.1) is 6.92 Å². The molecule has 0 aliphatic heterocycles. The number of rotatable bonds is 9. The number of sulfonamides is 1. The molecule has 4 nitrogen and oxygen atoms in total. The van der Waals surface area contributed by atoms with E-state index in [0.29, 0.717) is 9.09 Å². The molecular weight excluding hydrogens is 294 g/mol. The fourth-order valence-electron chi connectivity index (χ4n) is 2.04. The van der Waals surface area contributed by atoms with Crippen LogP contribution in [0.2, 0.25) is 0 Å². The predicted octanol–water partition coefficient (Wildman–Crippen LogP) is 3.19. The van der Waals surface area contributed by atoms with Gasteiger partial charge in [0, 0.05) is 10.9 Å². The van der Waals surface area contributed by atoms with Gasteiger partial charge in [-0.3, -0.25) is 0 Å². The highest BCUT2D eigenvalue weighted by atomic mass is 32.2. The molecule has 1 rings (SSSR count). The number of hydrogen-bond donors (Lipinski definition) is 2. The molecule has 116 valence electrons. The molecule has 0 fully saturated rings. The average molecular weight is 319 g/mol. The van der Waals surface area contributed by atoms with Gasteiger partial charge in [0.25, 0.3) is 0 Å². The summed E-state index contributed by atoms with van der Waals surface area (Å²) in [6, 6.07) is 1.57. The van der Waals surface area contributed by atoms with E-state index in [0.717, 1.165) is 36.2 Å². The second-order valence-corrected chi connectivity index (χ2v) is 8.28. The van der Waals surface area contributed by atoms with Gasteiger partial charge in [-0.15, -0.1) is 11.3 Å². The van der Waals surface area contributed by atoms with Crippen molar-refractivity contribution in [2.75, 3.05) is 0 Å². The Hall–Kier alpha value is -0.430. The van der Waals surface area contributed by atoms with Gasteiger partial charge in [-0.2, -0.15) is 0 Å². The first-order valence-electron chi connectivity index (χ1n) is 7.13. The average Bonchev–Trinajstić information content (AvgIpc) is 2.76. The summed E-state index contributed by atoms with van der Waals surface area (Å²) in [7, 11) is -3.46. The van der Waals surface area contributed by atoms with Gasteiger partial charge in [-0.05, 0) is 31.9 Å². The van der Waals surface area contributed by atoms with Crippen molar-refractivity contribution in [2.45, 2.75) is 69.7 Å². The number of thiophene rings is 1. The Morgan fingerprint density at radius 3 is 2.60 bits per heavy atom. The number of aliphatic hydroxyl groups is 1. The van der Waals surface area contributed by atoms with Crippen molar-refractivity contribution in [3.63, 3.8) is 0 Å². The van der Waals surface area contributed by atoms with Crippen LogP contribution in [0.1, 0.15) is 56.4 Å². The summed E-state index contributed by atoms with van der Waals surface area (Å²) >= 11 is 1.14. The fraction of sp³-hybridized carbons (Fsp3) is 0.714. The molecule has 2 N–H and O–H groups in total. The summed E-state index contributed by atoms with van der Waals surface area (Å²) < 4.78 is 27.5. The van der Waals surface area contributed by atoms with Crippen molar-refractivity contribution >= 4 is 21.4 Å². The highest BCUT2D eigenvalue weighted by Gasteiger charge is 2.20. The summed E-state index contributed by atoms with van der Waals surface area (Å²) in [4.78, 5) is 0.709. The highest BCUT2D eigenvalue weighted by molar-refractivity contribution is 7.91. The lowest BCUT2D eigenvalue weighted by Crippen LogP contribution is -2.32. The molecule has 0 saturated heterocycles. The molecule has 0 aliphatic carbocycles. The van der Waals surface area contributed by atoms with Crippen molar-refractivity contribution in [3.05, 3.63) is 16.5 Å². The first-order valence-corrected chi connectivity index (χ1v) is 9.43. The van der Waals surface area contributed by atoms with Gasteiger partial charge in [-0.1, -0.05) is 32.6 Å². The lowest BCUT2D eigenvalue weighted by atomic mass is 10.1. The van der Waals surface area contributed by atoms with E-state index in [9.17, 15) is 8.42 Å². The molecular formula is C14H25NO3S2. The molecule has 0 spiro atoms.